The summed E-state index contributed by atoms with van der Waals surface area (Å²) >= 11 is 3.37. The van der Waals surface area contributed by atoms with Crippen LogP contribution in [0.5, 0.6) is 0 Å². The maximum Gasteiger partial charge on any atom is 0.233 e. The van der Waals surface area contributed by atoms with E-state index >= 15 is 0 Å². The Morgan fingerprint density at radius 2 is 2.10 bits per heavy atom. The first-order valence-corrected chi connectivity index (χ1v) is 8.40. The van der Waals surface area contributed by atoms with Gasteiger partial charge in [-0.1, -0.05) is 0 Å². The smallest absolute Gasteiger partial charge is 0.233 e. The minimum atomic E-state index is 0.212. The van der Waals surface area contributed by atoms with Gasteiger partial charge in [0.2, 0.25) is 5.91 Å². The van der Waals surface area contributed by atoms with Crippen LogP contribution in [-0.4, -0.2) is 23.1 Å². The topological polar surface area (TPSA) is 46.3 Å². The fraction of sp³-hybridized carbons (Fsp3) is 0.267. The van der Waals surface area contributed by atoms with Gasteiger partial charge < -0.3 is 10.6 Å². The summed E-state index contributed by atoms with van der Waals surface area (Å²) in [5, 5.41) is 2.11. The number of fused-ring (bicyclic) bond motifs is 1. The Morgan fingerprint density at radius 1 is 1.30 bits per heavy atom. The van der Waals surface area contributed by atoms with Crippen LogP contribution in [0.2, 0.25) is 0 Å². The van der Waals surface area contributed by atoms with E-state index in [1.807, 2.05) is 29.2 Å². The van der Waals surface area contributed by atoms with Gasteiger partial charge in [-0.25, -0.2) is 0 Å². The minimum Gasteiger partial charge on any atom is -0.399 e. The van der Waals surface area contributed by atoms with Crippen molar-refractivity contribution in [3.63, 3.8) is 0 Å². The highest BCUT2D eigenvalue weighted by atomic mass is 32.2. The molecule has 0 unspecified atom stereocenters. The van der Waals surface area contributed by atoms with E-state index in [-0.39, 0.29) is 5.91 Å². The molecule has 5 heteroatoms. The number of carbonyl (C=O) groups excluding carboxylic acids is 1. The highest BCUT2D eigenvalue weighted by molar-refractivity contribution is 8.00. The molecule has 20 heavy (non-hydrogen) atoms. The van der Waals surface area contributed by atoms with Crippen molar-refractivity contribution in [2.24, 2.45) is 0 Å². The Morgan fingerprint density at radius 3 is 2.90 bits per heavy atom. The number of nitrogens with zero attached hydrogens (tertiary/aromatic N) is 1. The van der Waals surface area contributed by atoms with Gasteiger partial charge in [0.25, 0.3) is 0 Å². The van der Waals surface area contributed by atoms with Crippen LogP contribution in [0.15, 0.2) is 40.6 Å². The SMILES string of the molecule is Nc1ccc(SCC(=O)N2CCc3sccc3C2)cc1. The van der Waals surface area contributed by atoms with Gasteiger partial charge in [0, 0.05) is 28.5 Å². The second kappa shape index (κ2) is 5.89. The average molecular weight is 304 g/mol. The van der Waals surface area contributed by atoms with Crippen molar-refractivity contribution in [2.45, 2.75) is 17.9 Å². The minimum absolute atomic E-state index is 0.212. The summed E-state index contributed by atoms with van der Waals surface area (Å²) in [4.78, 5) is 16.7. The van der Waals surface area contributed by atoms with Crippen molar-refractivity contribution in [2.75, 3.05) is 18.0 Å². The maximum absolute atomic E-state index is 12.3. The molecule has 1 amide bonds. The third-order valence-electron chi connectivity index (χ3n) is 3.40. The Labute approximate surface area is 126 Å². The van der Waals surface area contributed by atoms with Crippen molar-refractivity contribution < 1.29 is 4.79 Å². The molecule has 2 N–H and O–H groups in total. The number of benzene rings is 1. The highest BCUT2D eigenvalue weighted by Crippen LogP contribution is 2.25. The average Bonchev–Trinajstić information content (AvgIpc) is 2.93. The molecule has 0 radical (unpaired) electrons. The molecule has 0 saturated carbocycles. The summed E-state index contributed by atoms with van der Waals surface area (Å²) < 4.78 is 0. The number of hydrogen-bond acceptors (Lipinski definition) is 4. The molecule has 0 saturated heterocycles. The standard InChI is InChI=1S/C15H16N2OS2/c16-12-1-3-13(4-2-12)20-10-15(18)17-7-5-14-11(9-17)6-8-19-14/h1-4,6,8H,5,7,9-10,16H2. The van der Waals surface area contributed by atoms with Crippen LogP contribution in [0.1, 0.15) is 10.4 Å². The highest BCUT2D eigenvalue weighted by Gasteiger charge is 2.21. The third-order valence-corrected chi connectivity index (χ3v) is 5.42. The number of carbonyl (C=O) groups is 1. The number of thiophene rings is 1. The van der Waals surface area contributed by atoms with Gasteiger partial charge in [-0.3, -0.25) is 4.79 Å². The lowest BCUT2D eigenvalue weighted by Gasteiger charge is -2.26. The molecule has 104 valence electrons. The molecule has 1 aromatic heterocycles. The summed E-state index contributed by atoms with van der Waals surface area (Å²) in [7, 11) is 0. The molecule has 0 aliphatic carbocycles. The Kier molecular flexibility index (Phi) is 3.98. The van der Waals surface area contributed by atoms with E-state index in [1.54, 1.807) is 23.1 Å². The van der Waals surface area contributed by atoms with Gasteiger partial charge in [-0.2, -0.15) is 0 Å². The largest absolute Gasteiger partial charge is 0.399 e. The summed E-state index contributed by atoms with van der Waals surface area (Å²) in [5.41, 5.74) is 7.71. The molecule has 1 aliphatic heterocycles. The summed E-state index contributed by atoms with van der Waals surface area (Å²) in [6.07, 6.45) is 0.991. The first-order chi connectivity index (χ1) is 9.72. The van der Waals surface area contributed by atoms with Gasteiger partial charge in [-0.15, -0.1) is 23.1 Å². The third kappa shape index (κ3) is 2.99. The molecular formula is C15H16N2OS2. The molecule has 2 aromatic rings. The monoisotopic (exact) mass is 304 g/mol. The fourth-order valence-electron chi connectivity index (χ4n) is 2.26. The summed E-state index contributed by atoms with van der Waals surface area (Å²) in [6.45, 7) is 1.61. The van der Waals surface area contributed by atoms with Crippen LogP contribution < -0.4 is 5.73 Å². The number of nitrogen functional groups attached to an aromatic ring is 1. The maximum atomic E-state index is 12.3. The zero-order valence-electron chi connectivity index (χ0n) is 11.0. The van der Waals surface area contributed by atoms with Crippen molar-refractivity contribution in [1.82, 2.24) is 4.90 Å². The van der Waals surface area contributed by atoms with E-state index in [1.165, 1.54) is 10.4 Å². The molecule has 3 nitrogen and oxygen atoms in total. The van der Waals surface area contributed by atoms with Crippen LogP contribution in [0.4, 0.5) is 5.69 Å². The van der Waals surface area contributed by atoms with Crippen LogP contribution in [0, 0.1) is 0 Å². The van der Waals surface area contributed by atoms with Gasteiger partial charge in [0.15, 0.2) is 0 Å². The van der Waals surface area contributed by atoms with Crippen LogP contribution in [0.25, 0.3) is 0 Å². The van der Waals surface area contributed by atoms with E-state index in [4.69, 9.17) is 5.73 Å². The van der Waals surface area contributed by atoms with Crippen LogP contribution in [0.3, 0.4) is 0 Å². The van der Waals surface area contributed by atoms with Crippen molar-refractivity contribution >= 4 is 34.7 Å². The van der Waals surface area contributed by atoms with E-state index < -0.39 is 0 Å². The first kappa shape index (κ1) is 13.5. The van der Waals surface area contributed by atoms with Gasteiger partial charge in [-0.05, 0) is 47.7 Å². The Balaban J connectivity index is 1.56. The summed E-state index contributed by atoms with van der Waals surface area (Å²) in [6, 6.07) is 9.78. The Hall–Kier alpha value is -1.46. The second-order valence-corrected chi connectivity index (χ2v) is 6.84. The molecule has 1 aliphatic rings. The lowest BCUT2D eigenvalue weighted by molar-refractivity contribution is -0.129. The van der Waals surface area contributed by atoms with Gasteiger partial charge in [0.05, 0.1) is 5.75 Å². The van der Waals surface area contributed by atoms with Crippen LogP contribution >= 0.6 is 23.1 Å². The number of rotatable bonds is 3. The van der Waals surface area contributed by atoms with Crippen molar-refractivity contribution in [3.05, 3.63) is 46.2 Å². The zero-order chi connectivity index (χ0) is 13.9. The lowest BCUT2D eigenvalue weighted by Crippen LogP contribution is -2.36. The van der Waals surface area contributed by atoms with Crippen molar-refractivity contribution in [1.29, 1.82) is 0 Å². The quantitative estimate of drug-likeness (QED) is 0.700. The molecule has 2 heterocycles. The summed E-state index contributed by atoms with van der Waals surface area (Å²) in [5.74, 6) is 0.701. The predicted octanol–water partition coefficient (Wildman–Crippen LogP) is 3.01. The number of amides is 1. The second-order valence-electron chi connectivity index (χ2n) is 4.79. The zero-order valence-corrected chi connectivity index (χ0v) is 12.7. The van der Waals surface area contributed by atoms with E-state index in [0.29, 0.717) is 5.75 Å². The molecule has 0 spiro atoms. The lowest BCUT2D eigenvalue weighted by atomic mass is 10.1. The van der Waals surface area contributed by atoms with Crippen molar-refractivity contribution in [3.8, 4) is 0 Å². The van der Waals surface area contributed by atoms with E-state index in [0.717, 1.165) is 30.1 Å². The van der Waals surface area contributed by atoms with Gasteiger partial charge >= 0.3 is 0 Å². The molecule has 3 rings (SSSR count). The van der Waals surface area contributed by atoms with E-state index in [9.17, 15) is 4.79 Å². The number of hydrogen-bond donors (Lipinski definition) is 1. The Bertz CT molecular complexity index is 607. The normalized spacial score (nSPS) is 14.1. The van der Waals surface area contributed by atoms with Crippen LogP contribution in [-0.2, 0) is 17.8 Å². The molecule has 0 fully saturated rings. The first-order valence-electron chi connectivity index (χ1n) is 6.54. The molecule has 0 atom stereocenters. The predicted molar refractivity (Wildman–Crippen MR) is 85.0 cm³/mol. The molecular weight excluding hydrogens is 288 g/mol. The molecule has 1 aromatic carbocycles. The number of thioether (sulfide) groups is 1. The van der Waals surface area contributed by atoms with Gasteiger partial charge in [0.1, 0.15) is 0 Å². The number of nitrogens with two attached hydrogens (primary N) is 1. The number of anilines is 1. The van der Waals surface area contributed by atoms with E-state index in [2.05, 4.69) is 11.4 Å². The molecule has 0 bridgehead atoms. The fourth-order valence-corrected chi connectivity index (χ4v) is 3.95.